The van der Waals surface area contributed by atoms with Crippen molar-refractivity contribution in [2.75, 3.05) is 5.75 Å². The fraction of sp³-hybridized carbons (Fsp3) is 0.500. The molecule has 0 fully saturated rings. The third kappa shape index (κ3) is 6.21. The third-order valence-electron chi connectivity index (χ3n) is 1.65. The van der Waals surface area contributed by atoms with Crippen LogP contribution < -0.4 is 29.6 Å². The Morgan fingerprint density at radius 3 is 2.27 bits per heavy atom. The van der Waals surface area contributed by atoms with Gasteiger partial charge in [-0.15, -0.1) is 0 Å². The Hall–Kier alpha value is -0.0100. The van der Waals surface area contributed by atoms with Crippen molar-refractivity contribution in [1.29, 1.82) is 5.41 Å². The van der Waals surface area contributed by atoms with Crippen LogP contribution in [0.4, 0.5) is 0 Å². The molecule has 7 heteroatoms. The molecule has 0 bridgehead atoms. The number of carbonyl (C=O) groups excluding carboxylic acids is 1. The van der Waals surface area contributed by atoms with Gasteiger partial charge in [0, 0.05) is 5.41 Å². The summed E-state index contributed by atoms with van der Waals surface area (Å²) in [7, 11) is -4.20. The molecule has 0 saturated heterocycles. The predicted molar refractivity (Wildman–Crippen MR) is 54.2 cm³/mol. The van der Waals surface area contributed by atoms with Crippen LogP contribution in [0.5, 0.6) is 0 Å². The van der Waals surface area contributed by atoms with E-state index in [0.29, 0.717) is 0 Å². The summed E-state index contributed by atoms with van der Waals surface area (Å²) in [6.07, 6.45) is 0.939. The predicted octanol–water partition coefficient (Wildman–Crippen LogP) is -2.21. The third-order valence-corrected chi connectivity index (χ3v) is 2.74. The largest absolute Gasteiger partial charge is 1.00 e. The van der Waals surface area contributed by atoms with Crippen molar-refractivity contribution in [1.82, 2.24) is 0 Å². The van der Waals surface area contributed by atoms with Crippen molar-refractivity contribution >= 4 is 21.6 Å². The van der Waals surface area contributed by atoms with Gasteiger partial charge in [0.05, 0.1) is 11.5 Å². The molecular formula is C8H14NNaO4S. The van der Waals surface area contributed by atoms with E-state index in [0.717, 1.165) is 6.08 Å². The summed E-state index contributed by atoms with van der Waals surface area (Å²) in [6, 6.07) is 0. The van der Waals surface area contributed by atoms with E-state index < -0.39 is 27.1 Å². The van der Waals surface area contributed by atoms with Crippen LogP contribution >= 0.6 is 0 Å². The normalized spacial score (nSPS) is 11.4. The van der Waals surface area contributed by atoms with Crippen molar-refractivity contribution < 1.29 is 48.7 Å². The zero-order valence-corrected chi connectivity index (χ0v) is 11.9. The number of hydrogen-bond acceptors (Lipinski definition) is 4. The minimum atomic E-state index is -4.20. The molecule has 82 valence electrons. The first-order chi connectivity index (χ1) is 6.10. The fourth-order valence-corrected chi connectivity index (χ4v) is 2.02. The number of ketones is 1. The van der Waals surface area contributed by atoms with E-state index in [1.165, 1.54) is 13.8 Å². The van der Waals surface area contributed by atoms with Gasteiger partial charge in [0.15, 0.2) is 5.78 Å². The van der Waals surface area contributed by atoms with E-state index in [2.05, 4.69) is 6.58 Å². The fourth-order valence-electron chi connectivity index (χ4n) is 0.964. The van der Waals surface area contributed by atoms with Gasteiger partial charge in [-0.25, -0.2) is 0 Å². The first-order valence-electron chi connectivity index (χ1n) is 3.81. The minimum Gasteiger partial charge on any atom is -1.00 e. The average Bonchev–Trinajstić information content (AvgIpc) is 1.97. The zero-order valence-electron chi connectivity index (χ0n) is 10.1. The Labute approximate surface area is 113 Å². The molecule has 0 aliphatic carbocycles. The van der Waals surface area contributed by atoms with Gasteiger partial charge in [0.2, 0.25) is 0 Å². The van der Waals surface area contributed by atoms with Gasteiger partial charge in [-0.2, -0.15) is 8.42 Å². The molecule has 15 heavy (non-hydrogen) atoms. The Morgan fingerprint density at radius 1 is 1.60 bits per heavy atom. The molecule has 0 aromatic carbocycles. The second-order valence-electron chi connectivity index (χ2n) is 3.55. The Bertz CT molecular complexity index is 377. The number of hydrogen-bond donors (Lipinski definition) is 2. The van der Waals surface area contributed by atoms with Crippen LogP contribution in [0.2, 0.25) is 0 Å². The second-order valence-corrected chi connectivity index (χ2v) is 5.01. The van der Waals surface area contributed by atoms with Crippen LogP contribution in [0.15, 0.2) is 12.7 Å². The van der Waals surface area contributed by atoms with Crippen molar-refractivity contribution in [2.45, 2.75) is 13.8 Å². The standard InChI is InChI=1S/C8H13NO4S.Na.H/c1-4-6(10)7(9)8(2,3)5-14(11,12)13;;/h4,9H,1,5H2,2-3H3,(H,11,12,13);;/q;+1;-1. The van der Waals surface area contributed by atoms with Gasteiger partial charge in [-0.1, -0.05) is 20.4 Å². The average molecular weight is 243 g/mol. The Balaban J connectivity index is -0.000000845. The summed E-state index contributed by atoms with van der Waals surface area (Å²) >= 11 is 0. The zero-order chi connectivity index (χ0) is 11.6. The van der Waals surface area contributed by atoms with Gasteiger partial charge in [-0.05, 0) is 6.08 Å². The number of carbonyl (C=O) groups is 1. The molecule has 0 amide bonds. The van der Waals surface area contributed by atoms with E-state index in [9.17, 15) is 13.2 Å². The molecule has 0 radical (unpaired) electrons. The second kappa shape index (κ2) is 5.91. The van der Waals surface area contributed by atoms with Gasteiger partial charge in [0.1, 0.15) is 0 Å². The van der Waals surface area contributed by atoms with Crippen LogP contribution in [-0.4, -0.2) is 30.2 Å². The van der Waals surface area contributed by atoms with E-state index in [1.54, 1.807) is 0 Å². The van der Waals surface area contributed by atoms with Gasteiger partial charge in [-0.3, -0.25) is 9.35 Å². The number of allylic oxidation sites excluding steroid dienone is 1. The monoisotopic (exact) mass is 243 g/mol. The SMILES string of the molecule is C=CC(=O)C(=N)C(C)(C)CS(=O)(=O)O.[H-].[Na+]. The molecule has 2 N–H and O–H groups in total. The van der Waals surface area contributed by atoms with Crippen molar-refractivity contribution in [2.24, 2.45) is 5.41 Å². The van der Waals surface area contributed by atoms with Gasteiger partial charge >= 0.3 is 29.6 Å². The van der Waals surface area contributed by atoms with Crippen LogP contribution in [0, 0.1) is 10.8 Å². The molecule has 0 rings (SSSR count). The van der Waals surface area contributed by atoms with Crippen molar-refractivity contribution in [3.8, 4) is 0 Å². The van der Waals surface area contributed by atoms with Gasteiger partial charge in [0.25, 0.3) is 10.1 Å². The summed E-state index contributed by atoms with van der Waals surface area (Å²) in [6.45, 7) is 5.98. The molecule has 0 aromatic rings. The molecular weight excluding hydrogens is 229 g/mol. The maximum absolute atomic E-state index is 11.0. The molecule has 0 aliphatic rings. The topological polar surface area (TPSA) is 95.3 Å². The first-order valence-corrected chi connectivity index (χ1v) is 5.42. The Kier molecular flexibility index (Phi) is 6.85. The van der Waals surface area contributed by atoms with Gasteiger partial charge < -0.3 is 6.84 Å². The molecule has 0 unspecified atom stereocenters. The Morgan fingerprint density at radius 2 is 2.00 bits per heavy atom. The maximum Gasteiger partial charge on any atom is 1.00 e. The summed E-state index contributed by atoms with van der Waals surface area (Å²) in [4.78, 5) is 11.0. The van der Waals surface area contributed by atoms with Crippen LogP contribution in [0.25, 0.3) is 0 Å². The molecule has 5 nitrogen and oxygen atoms in total. The summed E-state index contributed by atoms with van der Waals surface area (Å²) in [5, 5.41) is 7.38. The van der Waals surface area contributed by atoms with E-state index >= 15 is 0 Å². The number of nitrogens with one attached hydrogen (secondary N) is 1. The van der Waals surface area contributed by atoms with Crippen molar-refractivity contribution in [3.63, 3.8) is 0 Å². The van der Waals surface area contributed by atoms with Crippen LogP contribution in [0.3, 0.4) is 0 Å². The smallest absolute Gasteiger partial charge is 1.00 e. The molecule has 0 saturated carbocycles. The summed E-state index contributed by atoms with van der Waals surface area (Å²) in [5.41, 5.74) is -1.59. The first kappa shape index (κ1) is 17.4. The number of rotatable bonds is 5. The molecule has 0 heterocycles. The molecule has 0 atom stereocenters. The maximum atomic E-state index is 11.0. The van der Waals surface area contributed by atoms with Crippen molar-refractivity contribution in [3.05, 3.63) is 12.7 Å². The quantitative estimate of drug-likeness (QED) is 0.248. The molecule has 0 aliphatic heterocycles. The van der Waals surface area contributed by atoms with Crippen LogP contribution in [0.1, 0.15) is 15.3 Å². The minimum absolute atomic E-state index is 0. The summed E-state index contributed by atoms with van der Waals surface area (Å²) < 4.78 is 29.8. The van der Waals surface area contributed by atoms with Crippen LogP contribution in [-0.2, 0) is 14.9 Å². The summed E-state index contributed by atoms with van der Waals surface area (Å²) in [5.74, 6) is -1.29. The van der Waals surface area contributed by atoms with E-state index in [1.807, 2.05) is 0 Å². The molecule has 0 spiro atoms. The molecule has 0 aromatic heterocycles. The van der Waals surface area contributed by atoms with E-state index in [-0.39, 0.29) is 36.7 Å². The van der Waals surface area contributed by atoms with E-state index in [4.69, 9.17) is 9.96 Å².